The number of hydrogen-bond donors (Lipinski definition) is 1. The second-order valence-corrected chi connectivity index (χ2v) is 3.06. The van der Waals surface area contributed by atoms with Crippen molar-refractivity contribution >= 4 is 7.82 Å². The van der Waals surface area contributed by atoms with Gasteiger partial charge in [0.25, 0.3) is 0 Å². The Balaban J connectivity index is 3.38. The maximum atomic E-state index is 11.1. The second kappa shape index (κ2) is 4.79. The largest absolute Gasteiger partial charge is 0.503 e. The van der Waals surface area contributed by atoms with Crippen molar-refractivity contribution in [3.05, 3.63) is 0 Å². The summed E-state index contributed by atoms with van der Waals surface area (Å²) in [7, 11) is -4.37. The molecule has 0 rings (SSSR count). The first-order chi connectivity index (χ1) is 4.62. The molecule has 0 fully saturated rings. The smallest absolute Gasteiger partial charge is 0.301 e. The molecule has 0 aromatic heterocycles. The molecule has 1 N–H and O–H groups in total. The van der Waals surface area contributed by atoms with E-state index in [1.165, 1.54) is 0 Å². The number of phosphoric ester groups is 1. The van der Waals surface area contributed by atoms with Crippen molar-refractivity contribution < 1.29 is 23.2 Å². The minimum absolute atomic E-state index is 0.0359. The molecule has 1 atom stereocenters. The van der Waals surface area contributed by atoms with Gasteiger partial charge in [-0.1, -0.05) is 18.1 Å². The molecule has 1 unspecified atom stereocenters. The summed E-state index contributed by atoms with van der Waals surface area (Å²) >= 11 is 0. The van der Waals surface area contributed by atoms with Gasteiger partial charge in [0.15, 0.2) is 0 Å². The second-order valence-electron chi connectivity index (χ2n) is 1.72. The van der Waals surface area contributed by atoms with Crippen LogP contribution >= 0.6 is 7.82 Å². The van der Waals surface area contributed by atoms with Crippen LogP contribution in [0.15, 0.2) is 0 Å². The van der Waals surface area contributed by atoms with Gasteiger partial charge in [-0.15, -0.1) is 0 Å². The summed E-state index contributed by atoms with van der Waals surface area (Å²) in [6.45, 7) is 1.91. The molecule has 4 nitrogen and oxygen atoms in total. The lowest BCUT2D eigenvalue weighted by Gasteiger charge is -2.03. The van der Waals surface area contributed by atoms with Crippen molar-refractivity contribution in [1.29, 1.82) is 0 Å². The van der Waals surface area contributed by atoms with Crippen LogP contribution in [0.3, 0.4) is 0 Å². The molecule has 0 aliphatic carbocycles. The summed E-state index contributed by atoms with van der Waals surface area (Å²) in [4.78, 5) is 8.29. The van der Waals surface area contributed by atoms with Crippen LogP contribution in [0.25, 0.3) is 0 Å². The lowest BCUT2D eigenvalue weighted by molar-refractivity contribution is -0.0479. The molecule has 0 aromatic rings. The van der Waals surface area contributed by atoms with E-state index in [9.17, 15) is 9.09 Å². The minimum atomic E-state index is -4.37. The zero-order valence-corrected chi connectivity index (χ0v) is 6.51. The van der Waals surface area contributed by atoms with Crippen LogP contribution in [-0.4, -0.2) is 11.5 Å². The number of hydrogen-bond acceptors (Lipinski definition) is 3. The highest BCUT2D eigenvalue weighted by molar-refractivity contribution is 7.47. The third kappa shape index (κ3) is 4.88. The number of phosphoric acid groups is 1. The third-order valence-electron chi connectivity index (χ3n) is 0.840. The highest BCUT2D eigenvalue weighted by Gasteiger charge is 2.20. The van der Waals surface area contributed by atoms with E-state index < -0.39 is 7.82 Å². The summed E-state index contributed by atoms with van der Waals surface area (Å²) in [6, 6.07) is 0. The van der Waals surface area contributed by atoms with Crippen molar-refractivity contribution in [3.8, 4) is 0 Å². The average Bonchev–Trinajstić information content (AvgIpc) is 1.89. The summed E-state index contributed by atoms with van der Waals surface area (Å²) in [5, 5.41) is 0. The number of halogens is 1. The predicted molar refractivity (Wildman–Crippen MR) is 32.9 cm³/mol. The Morgan fingerprint density at radius 2 is 2.30 bits per heavy atom. The van der Waals surface area contributed by atoms with Crippen LogP contribution in [0.4, 0.5) is 4.53 Å². The fraction of sp³-hybridized carbons (Fsp3) is 1.00. The lowest BCUT2D eigenvalue weighted by atomic mass is 10.4. The van der Waals surface area contributed by atoms with Gasteiger partial charge in [-0.05, 0) is 10.9 Å². The SMILES string of the molecule is CCCCOP(=O)(O)OF. The van der Waals surface area contributed by atoms with Gasteiger partial charge >= 0.3 is 7.82 Å². The van der Waals surface area contributed by atoms with E-state index in [1.807, 2.05) is 6.92 Å². The van der Waals surface area contributed by atoms with E-state index in [1.54, 1.807) is 0 Å². The maximum Gasteiger partial charge on any atom is 0.503 e. The van der Waals surface area contributed by atoms with Crippen molar-refractivity contribution in [2.75, 3.05) is 6.61 Å². The van der Waals surface area contributed by atoms with Crippen LogP contribution < -0.4 is 0 Å². The summed E-state index contributed by atoms with van der Waals surface area (Å²) in [6.07, 6.45) is 1.42. The Morgan fingerprint density at radius 3 is 2.70 bits per heavy atom. The van der Waals surface area contributed by atoms with Gasteiger partial charge in [-0.25, -0.2) is 4.57 Å². The molecule has 10 heavy (non-hydrogen) atoms. The molecule has 0 aliphatic heterocycles. The Labute approximate surface area is 58.5 Å². The number of unbranched alkanes of at least 4 members (excludes halogenated alkanes) is 1. The molecule has 0 saturated carbocycles. The Kier molecular flexibility index (Phi) is 4.81. The zero-order valence-electron chi connectivity index (χ0n) is 5.62. The number of rotatable bonds is 5. The average molecular weight is 172 g/mol. The van der Waals surface area contributed by atoms with Crippen molar-refractivity contribution in [3.63, 3.8) is 0 Å². The van der Waals surface area contributed by atoms with E-state index in [0.717, 1.165) is 6.42 Å². The van der Waals surface area contributed by atoms with Crippen LogP contribution in [0.1, 0.15) is 19.8 Å². The van der Waals surface area contributed by atoms with Crippen molar-refractivity contribution in [2.45, 2.75) is 19.8 Å². The van der Waals surface area contributed by atoms with Crippen LogP contribution in [0.5, 0.6) is 0 Å². The molecular formula is C4H10FO4P. The first-order valence-corrected chi connectivity index (χ1v) is 4.39. The van der Waals surface area contributed by atoms with Gasteiger partial charge in [-0.3, -0.25) is 4.52 Å². The molecular weight excluding hydrogens is 162 g/mol. The molecule has 0 aromatic carbocycles. The van der Waals surface area contributed by atoms with E-state index in [2.05, 4.69) is 9.25 Å². The standard InChI is InChI=1S/C4H10FO4P/c1-2-3-4-8-10(6,7)9-5/h2-4H2,1H3,(H,6,7). The molecule has 0 saturated heterocycles. The molecule has 0 spiro atoms. The van der Waals surface area contributed by atoms with Gasteiger partial charge in [0, 0.05) is 0 Å². The molecule has 0 radical (unpaired) electrons. The van der Waals surface area contributed by atoms with Gasteiger partial charge in [0.2, 0.25) is 0 Å². The first kappa shape index (κ1) is 10.0. The molecule has 0 heterocycles. The summed E-state index contributed by atoms with van der Waals surface area (Å²) in [5.74, 6) is 0. The molecule has 0 aliphatic rings. The van der Waals surface area contributed by atoms with Crippen LogP contribution in [-0.2, 0) is 13.8 Å². The predicted octanol–water partition coefficient (Wildman–Crippen LogP) is 1.80. The molecule has 0 bridgehead atoms. The van der Waals surface area contributed by atoms with Gasteiger partial charge in [0.05, 0.1) is 6.61 Å². The van der Waals surface area contributed by atoms with Gasteiger partial charge < -0.3 is 4.89 Å². The molecule has 6 heteroatoms. The van der Waals surface area contributed by atoms with E-state index in [0.29, 0.717) is 6.42 Å². The van der Waals surface area contributed by atoms with Gasteiger partial charge in [-0.2, -0.15) is 0 Å². The Morgan fingerprint density at radius 1 is 1.70 bits per heavy atom. The monoisotopic (exact) mass is 172 g/mol. The lowest BCUT2D eigenvalue weighted by Crippen LogP contribution is -1.91. The quantitative estimate of drug-likeness (QED) is 0.507. The Bertz CT molecular complexity index is 128. The van der Waals surface area contributed by atoms with E-state index in [-0.39, 0.29) is 6.61 Å². The first-order valence-electron chi connectivity index (χ1n) is 2.90. The molecule has 62 valence electrons. The normalized spacial score (nSPS) is 16.7. The molecule has 0 amide bonds. The highest BCUT2D eigenvalue weighted by Crippen LogP contribution is 2.43. The van der Waals surface area contributed by atoms with Crippen LogP contribution in [0.2, 0.25) is 0 Å². The summed E-state index contributed by atoms with van der Waals surface area (Å²) < 4.78 is 28.1. The zero-order chi connectivity index (χ0) is 8.04. The third-order valence-corrected chi connectivity index (χ3v) is 1.52. The van der Waals surface area contributed by atoms with Crippen molar-refractivity contribution in [2.24, 2.45) is 0 Å². The topological polar surface area (TPSA) is 55.8 Å². The van der Waals surface area contributed by atoms with Crippen LogP contribution in [0, 0.1) is 0 Å². The Hall–Kier alpha value is 0.0400. The fourth-order valence-corrected chi connectivity index (χ4v) is 0.744. The maximum absolute atomic E-state index is 11.1. The van der Waals surface area contributed by atoms with Crippen molar-refractivity contribution in [1.82, 2.24) is 0 Å². The highest BCUT2D eigenvalue weighted by atomic mass is 31.2. The van der Waals surface area contributed by atoms with E-state index >= 15 is 0 Å². The van der Waals surface area contributed by atoms with E-state index in [4.69, 9.17) is 4.89 Å². The fourth-order valence-electron chi connectivity index (χ4n) is 0.344. The van der Waals surface area contributed by atoms with Gasteiger partial charge in [0.1, 0.15) is 0 Å². The summed E-state index contributed by atoms with van der Waals surface area (Å²) in [5.41, 5.74) is 0. The minimum Gasteiger partial charge on any atom is -0.301 e.